The van der Waals surface area contributed by atoms with E-state index in [-0.39, 0.29) is 0 Å². The number of nitrogens with zero attached hydrogens (tertiary/aromatic N) is 2. The van der Waals surface area contributed by atoms with Crippen LogP contribution < -0.4 is 10.6 Å². The number of pyridine rings is 1. The molecule has 1 aromatic carbocycles. The van der Waals surface area contributed by atoms with E-state index in [0.29, 0.717) is 30.5 Å². The van der Waals surface area contributed by atoms with Crippen LogP contribution in [0.25, 0.3) is 0 Å². The molecule has 0 amide bonds. The van der Waals surface area contributed by atoms with Crippen molar-refractivity contribution in [3.8, 4) is 0 Å². The maximum atomic E-state index is 14.0. The van der Waals surface area contributed by atoms with Gasteiger partial charge in [0.05, 0.1) is 5.02 Å². The van der Waals surface area contributed by atoms with E-state index in [2.05, 4.69) is 4.98 Å². The monoisotopic (exact) mass is 293 g/mol. The summed E-state index contributed by atoms with van der Waals surface area (Å²) in [5.41, 5.74) is 7.86. The molecule has 2 N–H and O–H groups in total. The Hall–Kier alpha value is -1.65. The lowest BCUT2D eigenvalue weighted by Crippen LogP contribution is -2.25. The minimum absolute atomic E-state index is 0.296. The topological polar surface area (TPSA) is 42.1 Å². The highest BCUT2D eigenvalue weighted by molar-refractivity contribution is 6.30. The van der Waals surface area contributed by atoms with Crippen LogP contribution in [-0.4, -0.2) is 11.5 Å². The molecule has 0 aliphatic heterocycles. The van der Waals surface area contributed by atoms with Gasteiger partial charge in [-0.05, 0) is 24.1 Å². The van der Waals surface area contributed by atoms with Crippen LogP contribution in [0.5, 0.6) is 0 Å². The molecule has 20 heavy (non-hydrogen) atoms. The lowest BCUT2D eigenvalue weighted by atomic mass is 10.1. The molecule has 0 bridgehead atoms. The predicted molar refractivity (Wildman–Crippen MR) is 80.3 cm³/mol. The fraction of sp³-hybridized carbons (Fsp3) is 0.267. The van der Waals surface area contributed by atoms with Crippen molar-refractivity contribution < 1.29 is 4.39 Å². The quantitative estimate of drug-likeness (QED) is 0.919. The van der Waals surface area contributed by atoms with E-state index >= 15 is 0 Å². The minimum Gasteiger partial charge on any atom is -0.350 e. The number of benzene rings is 1. The van der Waals surface area contributed by atoms with Gasteiger partial charge in [-0.25, -0.2) is 9.37 Å². The normalized spacial score (nSPS) is 10.6. The molecule has 1 aromatic heterocycles. The van der Waals surface area contributed by atoms with Crippen molar-refractivity contribution in [2.75, 3.05) is 11.4 Å². The largest absolute Gasteiger partial charge is 0.350 e. The fourth-order valence-corrected chi connectivity index (χ4v) is 2.24. The lowest BCUT2D eigenvalue weighted by Gasteiger charge is -2.23. The summed E-state index contributed by atoms with van der Waals surface area (Å²) >= 11 is 5.74. The van der Waals surface area contributed by atoms with Gasteiger partial charge >= 0.3 is 0 Å². The van der Waals surface area contributed by atoms with E-state index in [1.165, 1.54) is 12.3 Å². The summed E-state index contributed by atoms with van der Waals surface area (Å²) in [5, 5.41) is 0.296. The molecule has 0 unspecified atom stereocenters. The Morgan fingerprint density at radius 3 is 2.60 bits per heavy atom. The van der Waals surface area contributed by atoms with Crippen LogP contribution in [0.1, 0.15) is 18.1 Å². The zero-order chi connectivity index (χ0) is 14.5. The van der Waals surface area contributed by atoms with Gasteiger partial charge in [-0.3, -0.25) is 0 Å². The summed E-state index contributed by atoms with van der Waals surface area (Å²) in [5.74, 6) is -0.103. The number of aromatic nitrogens is 1. The number of rotatable bonds is 5. The Kier molecular flexibility index (Phi) is 4.93. The number of hydrogen-bond donors (Lipinski definition) is 1. The molecule has 0 saturated carbocycles. The molecule has 2 rings (SSSR count). The Morgan fingerprint density at radius 1 is 1.30 bits per heavy atom. The number of nitrogens with two attached hydrogens (primary N) is 1. The van der Waals surface area contributed by atoms with Crippen LogP contribution >= 0.6 is 11.6 Å². The molecule has 0 atom stereocenters. The third-order valence-electron chi connectivity index (χ3n) is 3.17. The summed E-state index contributed by atoms with van der Waals surface area (Å²) in [4.78, 5) is 5.95. The first kappa shape index (κ1) is 14.8. The van der Waals surface area contributed by atoms with Gasteiger partial charge in [-0.1, -0.05) is 35.9 Å². The summed E-state index contributed by atoms with van der Waals surface area (Å²) in [6.45, 7) is 3.63. The van der Waals surface area contributed by atoms with Crippen molar-refractivity contribution >= 4 is 17.4 Å². The van der Waals surface area contributed by atoms with Crippen LogP contribution in [0.3, 0.4) is 0 Å². The second kappa shape index (κ2) is 6.68. The van der Waals surface area contributed by atoms with Crippen LogP contribution in [0.15, 0.2) is 36.5 Å². The number of hydrogen-bond acceptors (Lipinski definition) is 3. The fourth-order valence-electron chi connectivity index (χ4n) is 2.09. The first-order chi connectivity index (χ1) is 9.65. The van der Waals surface area contributed by atoms with Crippen molar-refractivity contribution in [3.63, 3.8) is 0 Å². The van der Waals surface area contributed by atoms with E-state index in [0.717, 1.165) is 11.1 Å². The average molecular weight is 294 g/mol. The summed E-state index contributed by atoms with van der Waals surface area (Å²) < 4.78 is 14.0. The van der Waals surface area contributed by atoms with E-state index < -0.39 is 5.82 Å². The van der Waals surface area contributed by atoms with Crippen LogP contribution in [0, 0.1) is 5.82 Å². The zero-order valence-electron chi connectivity index (χ0n) is 11.3. The molecular formula is C15H17ClFN3. The molecular weight excluding hydrogens is 277 g/mol. The Morgan fingerprint density at radius 2 is 2.00 bits per heavy atom. The van der Waals surface area contributed by atoms with Crippen LogP contribution in [0.4, 0.5) is 10.2 Å². The molecule has 3 nitrogen and oxygen atoms in total. The van der Waals surface area contributed by atoms with E-state index in [1.54, 1.807) is 0 Å². The molecule has 0 aliphatic rings. The van der Waals surface area contributed by atoms with Crippen molar-refractivity contribution in [2.45, 2.75) is 20.0 Å². The molecule has 2 aromatic rings. The SMILES string of the molecule is CCN(Cc1ccccc1CN)c1ncc(Cl)cc1F. The van der Waals surface area contributed by atoms with Gasteiger partial charge in [0.15, 0.2) is 11.6 Å². The van der Waals surface area contributed by atoms with Crippen LogP contribution in [0.2, 0.25) is 5.02 Å². The van der Waals surface area contributed by atoms with Crippen molar-refractivity contribution in [3.05, 3.63) is 58.5 Å². The molecule has 5 heteroatoms. The molecule has 0 saturated heterocycles. The zero-order valence-corrected chi connectivity index (χ0v) is 12.1. The smallest absolute Gasteiger partial charge is 0.167 e. The Balaban J connectivity index is 2.29. The standard InChI is InChI=1S/C15H17ClFN3/c1-2-20(15-14(17)7-13(16)9-19-15)10-12-6-4-3-5-11(12)8-18/h3-7,9H,2,8,10,18H2,1H3. The first-order valence-electron chi connectivity index (χ1n) is 6.48. The highest BCUT2D eigenvalue weighted by Gasteiger charge is 2.14. The predicted octanol–water partition coefficient (Wildman–Crippen LogP) is 3.36. The third kappa shape index (κ3) is 3.26. The second-order valence-corrected chi connectivity index (χ2v) is 4.88. The molecule has 1 heterocycles. The van der Waals surface area contributed by atoms with Gasteiger partial charge in [0.1, 0.15) is 0 Å². The van der Waals surface area contributed by atoms with Crippen molar-refractivity contribution in [1.82, 2.24) is 4.98 Å². The maximum Gasteiger partial charge on any atom is 0.167 e. The summed E-state index contributed by atoms with van der Waals surface area (Å²) in [6.07, 6.45) is 1.46. The molecule has 0 fully saturated rings. The van der Waals surface area contributed by atoms with E-state index in [9.17, 15) is 4.39 Å². The maximum absolute atomic E-state index is 14.0. The van der Waals surface area contributed by atoms with Crippen LogP contribution in [-0.2, 0) is 13.1 Å². The van der Waals surface area contributed by atoms with E-state index in [1.807, 2.05) is 36.1 Å². The number of halogens is 2. The van der Waals surface area contributed by atoms with Gasteiger partial charge in [-0.2, -0.15) is 0 Å². The molecule has 0 aliphatic carbocycles. The highest BCUT2D eigenvalue weighted by Crippen LogP contribution is 2.22. The minimum atomic E-state index is -0.412. The Labute approximate surface area is 123 Å². The Bertz CT molecular complexity index is 589. The van der Waals surface area contributed by atoms with Gasteiger partial charge in [-0.15, -0.1) is 0 Å². The summed E-state index contributed by atoms with van der Waals surface area (Å²) in [6, 6.07) is 9.16. The lowest BCUT2D eigenvalue weighted by molar-refractivity contribution is 0.609. The molecule has 0 spiro atoms. The van der Waals surface area contributed by atoms with Crippen molar-refractivity contribution in [1.29, 1.82) is 0 Å². The second-order valence-electron chi connectivity index (χ2n) is 4.45. The third-order valence-corrected chi connectivity index (χ3v) is 3.38. The average Bonchev–Trinajstić information content (AvgIpc) is 2.46. The van der Waals surface area contributed by atoms with Gasteiger partial charge in [0.25, 0.3) is 0 Å². The molecule has 106 valence electrons. The van der Waals surface area contributed by atoms with E-state index in [4.69, 9.17) is 17.3 Å². The summed E-state index contributed by atoms with van der Waals surface area (Å²) in [7, 11) is 0. The first-order valence-corrected chi connectivity index (χ1v) is 6.86. The van der Waals surface area contributed by atoms with Gasteiger partial charge in [0.2, 0.25) is 0 Å². The van der Waals surface area contributed by atoms with Crippen molar-refractivity contribution in [2.24, 2.45) is 5.73 Å². The highest BCUT2D eigenvalue weighted by atomic mass is 35.5. The van der Waals surface area contributed by atoms with Gasteiger partial charge in [0, 0.05) is 25.8 Å². The molecule has 0 radical (unpaired) electrons. The number of anilines is 1. The van der Waals surface area contributed by atoms with Gasteiger partial charge < -0.3 is 10.6 Å².